The number of aryl methyl sites for hydroxylation is 2. The number of aromatic nitrogens is 3. The van der Waals surface area contributed by atoms with Crippen molar-refractivity contribution in [3.8, 4) is 11.3 Å². The third-order valence-corrected chi connectivity index (χ3v) is 10.6. The maximum atomic E-state index is 10.7. The number of ether oxygens (including phenoxy) is 1. The van der Waals surface area contributed by atoms with Crippen molar-refractivity contribution in [2.45, 2.75) is 64.3 Å². The average Bonchev–Trinajstić information content (AvgIpc) is 3.82. The number of likely N-dealkylation sites (N-methyl/N-ethyl adjacent to an activating group) is 1. The fraction of sp³-hybridized carbons (Fsp3) is 0.571. The Morgan fingerprint density at radius 1 is 0.978 bits per heavy atom. The number of pyridine rings is 1. The monoisotopic (exact) mass is 627 g/mol. The number of piperidine rings is 1. The van der Waals surface area contributed by atoms with Crippen LogP contribution in [-0.2, 0) is 4.74 Å². The SMILES string of the molecule is Cc1cc(-c2nc(C(N)O)c(Nc3ccc(N4CCC(N5CCN(C)CC5)CC4)c(C)c3)nc2NC2CCOCC23CC3)ccn1. The first kappa shape index (κ1) is 31.3. The molecule has 3 aliphatic heterocycles. The number of nitrogens with zero attached hydrogens (tertiary/aromatic N) is 6. The Morgan fingerprint density at radius 2 is 1.76 bits per heavy atom. The zero-order chi connectivity index (χ0) is 31.8. The van der Waals surface area contributed by atoms with Gasteiger partial charge in [0, 0.05) is 92.2 Å². The van der Waals surface area contributed by atoms with Crippen molar-refractivity contribution in [1.82, 2.24) is 24.8 Å². The maximum Gasteiger partial charge on any atom is 0.158 e. The largest absolute Gasteiger partial charge is 0.381 e. The second-order valence-electron chi connectivity index (χ2n) is 13.9. The van der Waals surface area contributed by atoms with Crippen molar-refractivity contribution in [2.24, 2.45) is 11.1 Å². The maximum absolute atomic E-state index is 10.7. The summed E-state index contributed by atoms with van der Waals surface area (Å²) in [7, 11) is 2.22. The number of nitrogens with two attached hydrogens (primary N) is 1. The number of rotatable bonds is 8. The van der Waals surface area contributed by atoms with E-state index in [0.717, 1.165) is 62.5 Å². The highest BCUT2D eigenvalue weighted by Crippen LogP contribution is 2.52. The van der Waals surface area contributed by atoms with Crippen molar-refractivity contribution in [3.63, 3.8) is 0 Å². The fourth-order valence-electron chi connectivity index (χ4n) is 7.55. The molecule has 4 fully saturated rings. The first-order valence-electron chi connectivity index (χ1n) is 17.0. The Morgan fingerprint density at radius 3 is 2.46 bits per heavy atom. The molecule has 1 saturated carbocycles. The van der Waals surface area contributed by atoms with Crippen LogP contribution >= 0.6 is 0 Å². The van der Waals surface area contributed by atoms with E-state index in [4.69, 9.17) is 20.4 Å². The second-order valence-corrected chi connectivity index (χ2v) is 13.9. The minimum absolute atomic E-state index is 0.150. The predicted molar refractivity (Wildman–Crippen MR) is 182 cm³/mol. The van der Waals surface area contributed by atoms with Gasteiger partial charge in [-0.3, -0.25) is 9.88 Å². The summed E-state index contributed by atoms with van der Waals surface area (Å²) in [6.45, 7) is 12.4. The molecule has 0 bridgehead atoms. The molecule has 2 aromatic heterocycles. The van der Waals surface area contributed by atoms with Gasteiger partial charge in [0.25, 0.3) is 0 Å². The van der Waals surface area contributed by atoms with Crippen molar-refractivity contribution in [3.05, 3.63) is 53.5 Å². The molecule has 5 heterocycles. The predicted octanol–water partition coefficient (Wildman–Crippen LogP) is 4.05. The molecule has 4 aliphatic rings. The molecule has 3 saturated heterocycles. The van der Waals surface area contributed by atoms with Crippen molar-refractivity contribution < 1.29 is 9.84 Å². The second kappa shape index (κ2) is 13.0. The lowest BCUT2D eigenvalue weighted by Gasteiger charge is -2.43. The molecule has 2 unspecified atom stereocenters. The molecule has 11 heteroatoms. The normalized spacial score (nSPS) is 23.0. The Labute approximate surface area is 272 Å². The third-order valence-electron chi connectivity index (χ3n) is 10.6. The van der Waals surface area contributed by atoms with Crippen molar-refractivity contribution in [1.29, 1.82) is 0 Å². The molecule has 1 aromatic carbocycles. The van der Waals surface area contributed by atoms with Crippen molar-refractivity contribution >= 4 is 23.0 Å². The Hall–Kier alpha value is -3.35. The van der Waals surface area contributed by atoms with E-state index >= 15 is 0 Å². The summed E-state index contributed by atoms with van der Waals surface area (Å²) in [5, 5.41) is 17.9. The molecule has 1 spiro atoms. The lowest BCUT2D eigenvalue weighted by atomic mass is 9.92. The molecule has 246 valence electrons. The summed E-state index contributed by atoms with van der Waals surface area (Å²) in [5.41, 5.74) is 12.3. The third kappa shape index (κ3) is 6.57. The van der Waals surface area contributed by atoms with Crippen LogP contribution in [0.3, 0.4) is 0 Å². The molecular weight excluding hydrogens is 578 g/mol. The zero-order valence-corrected chi connectivity index (χ0v) is 27.5. The summed E-state index contributed by atoms with van der Waals surface area (Å²) in [4.78, 5) is 22.0. The van der Waals surface area contributed by atoms with Crippen LogP contribution in [0.1, 0.15) is 55.3 Å². The van der Waals surface area contributed by atoms with E-state index in [9.17, 15) is 5.11 Å². The van der Waals surface area contributed by atoms with E-state index in [1.807, 2.05) is 19.1 Å². The van der Waals surface area contributed by atoms with E-state index in [1.54, 1.807) is 6.20 Å². The number of piperazine rings is 1. The average molecular weight is 628 g/mol. The van der Waals surface area contributed by atoms with Gasteiger partial charge in [0.2, 0.25) is 0 Å². The molecule has 0 amide bonds. The van der Waals surface area contributed by atoms with Crippen LogP contribution in [0, 0.1) is 19.3 Å². The molecule has 1 aliphatic carbocycles. The van der Waals surface area contributed by atoms with Crippen LogP contribution in [0.4, 0.5) is 23.0 Å². The van der Waals surface area contributed by atoms with Crippen LogP contribution in [0.2, 0.25) is 0 Å². The summed E-state index contributed by atoms with van der Waals surface area (Å²) in [6.07, 6.45) is 6.07. The van der Waals surface area contributed by atoms with Gasteiger partial charge in [-0.25, -0.2) is 9.97 Å². The van der Waals surface area contributed by atoms with Crippen LogP contribution in [0.15, 0.2) is 36.5 Å². The lowest BCUT2D eigenvalue weighted by molar-refractivity contribution is 0.0351. The van der Waals surface area contributed by atoms with Gasteiger partial charge in [0.1, 0.15) is 17.6 Å². The van der Waals surface area contributed by atoms with Crippen molar-refractivity contribution in [2.75, 3.05) is 75.1 Å². The van der Waals surface area contributed by atoms with E-state index in [0.29, 0.717) is 29.1 Å². The number of anilines is 4. The minimum Gasteiger partial charge on any atom is -0.381 e. The van der Waals surface area contributed by atoms with Crippen LogP contribution in [0.25, 0.3) is 11.3 Å². The van der Waals surface area contributed by atoms with E-state index in [2.05, 4.69) is 62.5 Å². The van der Waals surface area contributed by atoms with E-state index < -0.39 is 6.23 Å². The van der Waals surface area contributed by atoms with Crippen LogP contribution in [-0.4, -0.2) is 101 Å². The molecule has 3 aromatic rings. The highest BCUT2D eigenvalue weighted by atomic mass is 16.5. The Balaban J connectivity index is 1.13. The van der Waals surface area contributed by atoms with Gasteiger partial charge in [-0.2, -0.15) is 0 Å². The fourth-order valence-corrected chi connectivity index (χ4v) is 7.55. The van der Waals surface area contributed by atoms with Gasteiger partial charge in [0.15, 0.2) is 11.6 Å². The molecule has 7 rings (SSSR count). The lowest BCUT2D eigenvalue weighted by Crippen LogP contribution is -2.52. The van der Waals surface area contributed by atoms with E-state index in [1.165, 1.54) is 50.3 Å². The Bertz CT molecular complexity index is 1530. The number of nitrogens with one attached hydrogen (secondary N) is 2. The van der Waals surface area contributed by atoms with Gasteiger partial charge < -0.3 is 36.0 Å². The smallest absolute Gasteiger partial charge is 0.158 e. The summed E-state index contributed by atoms with van der Waals surface area (Å²) < 4.78 is 5.85. The number of aliphatic hydroxyl groups excluding tert-OH is 1. The van der Waals surface area contributed by atoms with Gasteiger partial charge in [0.05, 0.1) is 6.61 Å². The number of aliphatic hydroxyl groups is 1. The number of benzene rings is 1. The minimum atomic E-state index is -1.30. The van der Waals surface area contributed by atoms with Gasteiger partial charge in [-0.15, -0.1) is 0 Å². The summed E-state index contributed by atoms with van der Waals surface area (Å²) >= 11 is 0. The quantitative estimate of drug-likeness (QED) is 0.270. The molecule has 2 atom stereocenters. The molecule has 11 nitrogen and oxygen atoms in total. The highest BCUT2D eigenvalue weighted by molar-refractivity contribution is 5.75. The Kier molecular flexibility index (Phi) is 8.86. The van der Waals surface area contributed by atoms with Gasteiger partial charge in [-0.1, -0.05) is 0 Å². The standard InChI is InChI=1S/C35H49N9O2/c1-23-20-26(4-5-28(23)44-13-7-27(8-14-44)43-17-15-42(3)16-18-43)38-34-31(32(36)45)40-30(25-6-12-37-24(2)21-25)33(41-34)39-29-9-19-46-22-35(29)10-11-35/h4-6,12,20-21,27,29,32,45H,7-11,13-19,22,36H2,1-3H3,(H2,38,39,41). The molecule has 46 heavy (non-hydrogen) atoms. The number of hydrogen-bond acceptors (Lipinski definition) is 11. The molecule has 0 radical (unpaired) electrons. The first-order valence-corrected chi connectivity index (χ1v) is 17.0. The summed E-state index contributed by atoms with van der Waals surface area (Å²) in [6, 6.07) is 11.3. The first-order chi connectivity index (χ1) is 22.3. The van der Waals surface area contributed by atoms with Crippen LogP contribution in [0.5, 0.6) is 0 Å². The molecule has 5 N–H and O–H groups in total. The van der Waals surface area contributed by atoms with E-state index in [-0.39, 0.29) is 11.5 Å². The molecular formula is C35H49N9O2. The number of hydrogen-bond donors (Lipinski definition) is 4. The zero-order valence-electron chi connectivity index (χ0n) is 27.5. The van der Waals surface area contributed by atoms with Gasteiger partial charge >= 0.3 is 0 Å². The van der Waals surface area contributed by atoms with Crippen LogP contribution < -0.4 is 21.3 Å². The highest BCUT2D eigenvalue weighted by Gasteiger charge is 2.51. The summed E-state index contributed by atoms with van der Waals surface area (Å²) in [5.74, 6) is 1.12. The van der Waals surface area contributed by atoms with Gasteiger partial charge in [-0.05, 0) is 88.9 Å². The topological polar surface area (TPSA) is 128 Å².